The molecule has 0 bridgehead atoms. The molecule has 0 aliphatic rings. The first-order valence-corrected chi connectivity index (χ1v) is 10.6. The van der Waals surface area contributed by atoms with Crippen LogP contribution in [0.5, 0.6) is 5.75 Å². The minimum Gasteiger partial charge on any atom is -0.490 e. The quantitative estimate of drug-likeness (QED) is 0.370. The summed E-state index contributed by atoms with van der Waals surface area (Å²) in [6.45, 7) is 3.79. The zero-order valence-electron chi connectivity index (χ0n) is 18.5. The molecule has 0 saturated heterocycles. The van der Waals surface area contributed by atoms with Gasteiger partial charge in [-0.15, -0.1) is 12.4 Å². The van der Waals surface area contributed by atoms with Crippen molar-refractivity contribution in [3.05, 3.63) is 52.5 Å². The Morgan fingerprint density at radius 1 is 1.29 bits per heavy atom. The molecule has 3 N–H and O–H groups in total. The molecule has 0 aliphatic heterocycles. The van der Waals surface area contributed by atoms with E-state index in [0.29, 0.717) is 27.5 Å². The van der Waals surface area contributed by atoms with Crippen molar-refractivity contribution in [3.63, 3.8) is 0 Å². The molecular weight excluding hydrogens is 483 g/mol. The predicted molar refractivity (Wildman–Crippen MR) is 128 cm³/mol. The Hall–Kier alpha value is -3.16. The molecule has 180 valence electrons. The molecule has 0 spiro atoms. The van der Waals surface area contributed by atoms with Crippen LogP contribution in [0.1, 0.15) is 31.4 Å². The largest absolute Gasteiger partial charge is 0.490 e. The van der Waals surface area contributed by atoms with Gasteiger partial charge in [-0.2, -0.15) is 10.2 Å². The predicted octanol–water partition coefficient (Wildman–Crippen LogP) is 4.06. The first-order chi connectivity index (χ1) is 15.8. The van der Waals surface area contributed by atoms with E-state index in [1.54, 1.807) is 36.4 Å². The lowest BCUT2D eigenvalue weighted by atomic mass is 10.1. The molecule has 2 aromatic carbocycles. The second-order valence-electron chi connectivity index (χ2n) is 7.51. The molecule has 0 radical (unpaired) electrons. The van der Waals surface area contributed by atoms with Crippen molar-refractivity contribution in [2.75, 3.05) is 6.61 Å². The lowest BCUT2D eigenvalue weighted by Gasteiger charge is -2.13. The SMILES string of the molecule is CC(C)Oc1ccc(-c2nc(-c3ccc(CNC(CCO)C(=O)O)cc3Cl)no2)cc1C#N.Cl. The maximum absolute atomic E-state index is 11.2. The van der Waals surface area contributed by atoms with Gasteiger partial charge in [0.15, 0.2) is 0 Å². The van der Waals surface area contributed by atoms with Crippen molar-refractivity contribution in [3.8, 4) is 34.7 Å². The molecule has 0 saturated carbocycles. The topological polar surface area (TPSA) is 142 Å². The highest BCUT2D eigenvalue weighted by molar-refractivity contribution is 6.33. The van der Waals surface area contributed by atoms with Gasteiger partial charge >= 0.3 is 5.97 Å². The van der Waals surface area contributed by atoms with E-state index in [0.717, 1.165) is 5.56 Å². The summed E-state index contributed by atoms with van der Waals surface area (Å²) < 4.78 is 11.0. The van der Waals surface area contributed by atoms with Crippen LogP contribution in [0.25, 0.3) is 22.8 Å². The number of nitrogens with zero attached hydrogens (tertiary/aromatic N) is 3. The van der Waals surface area contributed by atoms with Crippen molar-refractivity contribution in [1.82, 2.24) is 15.5 Å². The number of nitriles is 1. The van der Waals surface area contributed by atoms with E-state index in [4.69, 9.17) is 31.1 Å². The molecule has 3 rings (SSSR count). The third-order valence-corrected chi connectivity index (χ3v) is 4.99. The number of aliphatic hydroxyl groups excluding tert-OH is 1. The Morgan fingerprint density at radius 2 is 2.06 bits per heavy atom. The second kappa shape index (κ2) is 12.3. The second-order valence-corrected chi connectivity index (χ2v) is 7.92. The summed E-state index contributed by atoms with van der Waals surface area (Å²) in [7, 11) is 0. The molecule has 0 aliphatic carbocycles. The van der Waals surface area contributed by atoms with E-state index in [9.17, 15) is 10.1 Å². The number of carboxylic acids is 1. The van der Waals surface area contributed by atoms with E-state index >= 15 is 0 Å². The Morgan fingerprint density at radius 3 is 2.68 bits per heavy atom. The van der Waals surface area contributed by atoms with Gasteiger partial charge < -0.3 is 24.8 Å². The fraction of sp³-hybridized carbons (Fsp3) is 0.304. The van der Waals surface area contributed by atoms with Gasteiger partial charge in [-0.1, -0.05) is 22.8 Å². The van der Waals surface area contributed by atoms with Crippen molar-refractivity contribution in [2.45, 2.75) is 39.0 Å². The van der Waals surface area contributed by atoms with E-state index < -0.39 is 12.0 Å². The average molecular weight is 507 g/mol. The number of carbonyl (C=O) groups is 1. The van der Waals surface area contributed by atoms with E-state index in [2.05, 4.69) is 21.5 Å². The van der Waals surface area contributed by atoms with Gasteiger partial charge in [0.25, 0.3) is 5.89 Å². The molecule has 1 unspecified atom stereocenters. The van der Waals surface area contributed by atoms with Crippen LogP contribution in [0.15, 0.2) is 40.9 Å². The number of rotatable bonds is 10. The minimum absolute atomic E-state index is 0. The number of aliphatic carboxylic acids is 1. The number of carboxylic acid groups (broad SMARTS) is 1. The number of nitrogens with one attached hydrogen (secondary N) is 1. The average Bonchev–Trinajstić information content (AvgIpc) is 3.26. The van der Waals surface area contributed by atoms with Gasteiger partial charge in [0.05, 0.1) is 16.7 Å². The molecule has 34 heavy (non-hydrogen) atoms. The van der Waals surface area contributed by atoms with Gasteiger partial charge in [0.2, 0.25) is 5.82 Å². The van der Waals surface area contributed by atoms with Crippen LogP contribution in [0.4, 0.5) is 0 Å². The summed E-state index contributed by atoms with van der Waals surface area (Å²) in [5.74, 6) is -0.0475. The summed E-state index contributed by atoms with van der Waals surface area (Å²) in [6, 6.07) is 11.5. The highest BCUT2D eigenvalue weighted by Crippen LogP contribution is 2.30. The number of benzene rings is 2. The standard InChI is InChI=1S/C23H23ClN4O5.ClH/c1-13(2)32-20-6-4-15(10-16(20)11-25)22-27-21(28-33-22)17-5-3-14(9-18(17)24)12-26-19(7-8-29)23(30)31;/h3-6,9-10,13,19,26,29H,7-8,12H2,1-2H3,(H,30,31);1H. The summed E-state index contributed by atoms with van der Waals surface area (Å²) in [6.07, 6.45) is 0.0354. The molecule has 1 heterocycles. The smallest absolute Gasteiger partial charge is 0.320 e. The van der Waals surface area contributed by atoms with Gasteiger partial charge in [0.1, 0.15) is 17.9 Å². The van der Waals surface area contributed by atoms with E-state index in [-0.39, 0.29) is 49.8 Å². The molecule has 3 aromatic rings. The van der Waals surface area contributed by atoms with Crippen molar-refractivity contribution >= 4 is 30.0 Å². The van der Waals surface area contributed by atoms with Crippen LogP contribution >= 0.6 is 24.0 Å². The number of halogens is 2. The minimum atomic E-state index is -1.03. The Bertz CT molecular complexity index is 1180. The number of hydrogen-bond donors (Lipinski definition) is 3. The first kappa shape index (κ1) is 27.1. The van der Waals surface area contributed by atoms with Crippen LogP contribution in [-0.4, -0.2) is 45.1 Å². The van der Waals surface area contributed by atoms with Crippen molar-refractivity contribution in [2.24, 2.45) is 0 Å². The summed E-state index contributed by atoms with van der Waals surface area (Å²) in [4.78, 5) is 15.6. The molecule has 1 aromatic heterocycles. The molecule has 11 heteroatoms. The van der Waals surface area contributed by atoms with Crippen LogP contribution in [-0.2, 0) is 11.3 Å². The summed E-state index contributed by atoms with van der Waals surface area (Å²) >= 11 is 6.41. The van der Waals surface area contributed by atoms with Crippen molar-refractivity contribution in [1.29, 1.82) is 5.26 Å². The van der Waals surface area contributed by atoms with Gasteiger partial charge in [-0.25, -0.2) is 0 Å². The van der Waals surface area contributed by atoms with Crippen molar-refractivity contribution < 1.29 is 24.3 Å². The van der Waals surface area contributed by atoms with Gasteiger partial charge in [0, 0.05) is 24.3 Å². The zero-order chi connectivity index (χ0) is 24.0. The zero-order valence-corrected chi connectivity index (χ0v) is 20.1. The number of aromatic nitrogens is 2. The van der Waals surface area contributed by atoms with E-state index in [1.807, 2.05) is 13.8 Å². The number of ether oxygens (including phenoxy) is 1. The Labute approximate surface area is 207 Å². The monoisotopic (exact) mass is 506 g/mol. The third-order valence-electron chi connectivity index (χ3n) is 4.68. The highest BCUT2D eigenvalue weighted by atomic mass is 35.5. The van der Waals surface area contributed by atoms with E-state index in [1.165, 1.54) is 0 Å². The molecular formula is C23H24Cl2N4O5. The fourth-order valence-corrected chi connectivity index (χ4v) is 3.38. The lowest BCUT2D eigenvalue weighted by molar-refractivity contribution is -0.139. The Balaban J connectivity index is 0.00000408. The summed E-state index contributed by atoms with van der Waals surface area (Å²) in [5.41, 5.74) is 2.23. The van der Waals surface area contributed by atoms with Gasteiger partial charge in [-0.3, -0.25) is 4.79 Å². The molecule has 0 amide bonds. The van der Waals surface area contributed by atoms with Crippen LogP contribution in [0.3, 0.4) is 0 Å². The molecule has 1 atom stereocenters. The third kappa shape index (κ3) is 6.68. The Kier molecular flexibility index (Phi) is 9.83. The first-order valence-electron chi connectivity index (χ1n) is 10.2. The lowest BCUT2D eigenvalue weighted by Crippen LogP contribution is -2.36. The van der Waals surface area contributed by atoms with Crippen LogP contribution in [0, 0.1) is 11.3 Å². The van der Waals surface area contributed by atoms with Crippen LogP contribution in [0.2, 0.25) is 5.02 Å². The summed E-state index contributed by atoms with van der Waals surface area (Å²) in [5, 5.41) is 34.8. The normalized spacial score (nSPS) is 11.5. The van der Waals surface area contributed by atoms with Gasteiger partial charge in [-0.05, 0) is 56.2 Å². The maximum atomic E-state index is 11.2. The molecule has 0 fully saturated rings. The number of hydrogen-bond acceptors (Lipinski definition) is 8. The maximum Gasteiger partial charge on any atom is 0.320 e. The highest BCUT2D eigenvalue weighted by Gasteiger charge is 2.18. The number of aliphatic hydroxyl groups is 1. The molecule has 9 nitrogen and oxygen atoms in total. The van der Waals surface area contributed by atoms with Crippen LogP contribution < -0.4 is 10.1 Å². The fourth-order valence-electron chi connectivity index (χ4n) is 3.09.